The third-order valence-electron chi connectivity index (χ3n) is 3.59. The molecule has 0 aliphatic carbocycles. The highest BCUT2D eigenvalue weighted by Crippen LogP contribution is 2.18. The van der Waals surface area contributed by atoms with Crippen LogP contribution in [0.4, 0.5) is 4.79 Å². The molecule has 1 aliphatic heterocycles. The highest BCUT2D eigenvalue weighted by Gasteiger charge is 2.16. The van der Waals surface area contributed by atoms with Gasteiger partial charge in [0.2, 0.25) is 0 Å². The van der Waals surface area contributed by atoms with Crippen LogP contribution in [0.25, 0.3) is 0 Å². The summed E-state index contributed by atoms with van der Waals surface area (Å²) >= 11 is 0. The predicted molar refractivity (Wildman–Crippen MR) is 86.0 cm³/mol. The Morgan fingerprint density at radius 1 is 1.43 bits per heavy atom. The molecule has 1 aromatic rings. The van der Waals surface area contributed by atoms with E-state index < -0.39 is 6.09 Å². The Hall–Kier alpha value is -2.12. The van der Waals surface area contributed by atoms with Gasteiger partial charge in [0.25, 0.3) is 0 Å². The minimum atomic E-state index is -0.560. The van der Waals surface area contributed by atoms with E-state index in [1.54, 1.807) is 20.2 Å². The van der Waals surface area contributed by atoms with Crippen LogP contribution in [0.5, 0.6) is 5.75 Å². The van der Waals surface area contributed by atoms with Gasteiger partial charge in [-0.3, -0.25) is 0 Å². The van der Waals surface area contributed by atoms with Crippen molar-refractivity contribution in [1.82, 2.24) is 5.43 Å². The van der Waals surface area contributed by atoms with Crippen molar-refractivity contribution in [3.05, 3.63) is 29.3 Å². The fourth-order valence-corrected chi connectivity index (χ4v) is 2.45. The molecule has 2 rings (SSSR count). The molecule has 126 valence electrons. The summed E-state index contributed by atoms with van der Waals surface area (Å²) in [4.78, 5) is 12.6. The van der Waals surface area contributed by atoms with Crippen LogP contribution in [0, 0.1) is 0 Å². The van der Waals surface area contributed by atoms with E-state index in [1.807, 2.05) is 18.2 Å². The predicted octanol–water partition coefficient (Wildman–Crippen LogP) is 0.190. The zero-order chi connectivity index (χ0) is 16.5. The smallest absolute Gasteiger partial charge is 0.427 e. The lowest BCUT2D eigenvalue weighted by molar-refractivity contribution is -0.921. The van der Waals surface area contributed by atoms with Crippen molar-refractivity contribution in [2.75, 3.05) is 40.0 Å². The van der Waals surface area contributed by atoms with Gasteiger partial charge >= 0.3 is 6.09 Å². The molecule has 0 atom stereocenters. The van der Waals surface area contributed by atoms with Crippen LogP contribution in [0.1, 0.15) is 18.1 Å². The number of morpholine rings is 1. The second-order valence-corrected chi connectivity index (χ2v) is 5.20. The Bertz CT molecular complexity index is 542. The molecule has 0 unspecified atom stereocenters. The zero-order valence-corrected chi connectivity index (χ0v) is 13.6. The van der Waals surface area contributed by atoms with E-state index in [-0.39, 0.29) is 0 Å². The average Bonchev–Trinajstić information content (AvgIpc) is 2.56. The maximum Gasteiger partial charge on any atom is 0.427 e. The molecule has 7 nitrogen and oxygen atoms in total. The van der Waals surface area contributed by atoms with Crippen LogP contribution < -0.4 is 15.1 Å². The maximum atomic E-state index is 11.2. The number of rotatable bonds is 6. The Balaban J connectivity index is 2.02. The average molecular weight is 322 g/mol. The Morgan fingerprint density at radius 2 is 2.22 bits per heavy atom. The highest BCUT2D eigenvalue weighted by molar-refractivity contribution is 5.81. The summed E-state index contributed by atoms with van der Waals surface area (Å²) in [6.45, 7) is 6.51. The van der Waals surface area contributed by atoms with Crippen LogP contribution >= 0.6 is 0 Å². The molecule has 0 spiro atoms. The van der Waals surface area contributed by atoms with Gasteiger partial charge in [0.15, 0.2) is 0 Å². The number of benzene rings is 1. The maximum absolute atomic E-state index is 11.2. The number of hydrogen-bond acceptors (Lipinski definition) is 5. The van der Waals surface area contributed by atoms with Crippen molar-refractivity contribution in [2.45, 2.75) is 13.5 Å². The first-order valence-corrected chi connectivity index (χ1v) is 7.77. The lowest BCUT2D eigenvalue weighted by Crippen LogP contribution is -3.12. The summed E-state index contributed by atoms with van der Waals surface area (Å²) in [5.74, 6) is 0.861. The molecule has 1 heterocycles. The first kappa shape index (κ1) is 17.2. The molecule has 1 saturated heterocycles. The standard InChI is InChI=1S/C16H23N3O4/c1-3-23-16(20)18-17-11-13-4-5-15(21-2)14(10-13)12-19-6-8-22-9-7-19/h4-5,10-11H,3,6-9,12H2,1-2H3,(H,18,20)/p+1. The first-order valence-electron chi connectivity index (χ1n) is 7.77. The van der Waals surface area contributed by atoms with Gasteiger partial charge in [0.05, 0.1) is 33.1 Å². The van der Waals surface area contributed by atoms with Gasteiger partial charge in [-0.05, 0) is 30.7 Å². The number of hydrogen-bond donors (Lipinski definition) is 2. The minimum absolute atomic E-state index is 0.316. The minimum Gasteiger partial charge on any atom is -0.496 e. The van der Waals surface area contributed by atoms with E-state index in [2.05, 4.69) is 10.5 Å². The fraction of sp³-hybridized carbons (Fsp3) is 0.500. The van der Waals surface area contributed by atoms with Crippen molar-refractivity contribution >= 4 is 12.3 Å². The summed E-state index contributed by atoms with van der Waals surface area (Å²) in [5.41, 5.74) is 4.33. The topological polar surface area (TPSA) is 73.6 Å². The third kappa shape index (κ3) is 5.54. The number of amides is 1. The summed E-state index contributed by atoms with van der Waals surface area (Å²) < 4.78 is 15.6. The SMILES string of the molecule is CCOC(=O)NN=Cc1ccc(OC)c(C[NH+]2CCOCC2)c1. The number of carbonyl (C=O) groups is 1. The van der Waals surface area contributed by atoms with E-state index in [4.69, 9.17) is 14.2 Å². The Morgan fingerprint density at radius 3 is 2.91 bits per heavy atom. The molecule has 7 heteroatoms. The van der Waals surface area contributed by atoms with E-state index in [0.717, 1.165) is 49.7 Å². The normalized spacial score (nSPS) is 15.6. The largest absolute Gasteiger partial charge is 0.496 e. The third-order valence-corrected chi connectivity index (χ3v) is 3.59. The number of nitrogens with one attached hydrogen (secondary N) is 2. The van der Waals surface area contributed by atoms with Gasteiger partial charge in [-0.25, -0.2) is 10.2 Å². The Kier molecular flexibility index (Phi) is 6.83. The van der Waals surface area contributed by atoms with Gasteiger partial charge in [-0.2, -0.15) is 5.10 Å². The highest BCUT2D eigenvalue weighted by atomic mass is 16.5. The molecule has 0 saturated carbocycles. The molecule has 0 bridgehead atoms. The van der Waals surface area contributed by atoms with Crippen molar-refractivity contribution in [2.24, 2.45) is 5.10 Å². The van der Waals surface area contributed by atoms with Gasteiger partial charge in [-0.1, -0.05) is 0 Å². The number of methoxy groups -OCH3 is 1. The van der Waals surface area contributed by atoms with Crippen molar-refractivity contribution in [3.63, 3.8) is 0 Å². The molecular weight excluding hydrogens is 298 g/mol. The fourth-order valence-electron chi connectivity index (χ4n) is 2.45. The number of carbonyl (C=O) groups excluding carboxylic acids is 1. The van der Waals surface area contributed by atoms with Crippen LogP contribution in [0.15, 0.2) is 23.3 Å². The van der Waals surface area contributed by atoms with E-state index in [1.165, 1.54) is 4.90 Å². The number of hydrazone groups is 1. The van der Waals surface area contributed by atoms with Crippen molar-refractivity contribution in [1.29, 1.82) is 0 Å². The first-order chi connectivity index (χ1) is 11.2. The van der Waals surface area contributed by atoms with Gasteiger partial charge in [0.1, 0.15) is 25.4 Å². The molecule has 1 aromatic carbocycles. The molecule has 0 radical (unpaired) electrons. The second-order valence-electron chi connectivity index (χ2n) is 5.20. The number of quaternary nitrogens is 1. The van der Waals surface area contributed by atoms with Crippen LogP contribution in [0.2, 0.25) is 0 Å². The summed E-state index contributed by atoms with van der Waals surface area (Å²) in [5, 5.41) is 3.89. The molecule has 1 amide bonds. The molecule has 2 N–H and O–H groups in total. The zero-order valence-electron chi connectivity index (χ0n) is 13.6. The van der Waals surface area contributed by atoms with Crippen LogP contribution in [0.3, 0.4) is 0 Å². The summed E-state index contributed by atoms with van der Waals surface area (Å²) in [7, 11) is 1.67. The second kappa shape index (κ2) is 9.12. The molecule has 0 aromatic heterocycles. The molecule has 1 fully saturated rings. The van der Waals surface area contributed by atoms with Crippen molar-refractivity contribution < 1.29 is 23.9 Å². The number of nitrogens with zero attached hydrogens (tertiary/aromatic N) is 1. The molecule has 23 heavy (non-hydrogen) atoms. The van der Waals surface area contributed by atoms with Crippen molar-refractivity contribution in [3.8, 4) is 5.75 Å². The summed E-state index contributed by atoms with van der Waals surface area (Å²) in [6.07, 6.45) is 1.03. The Labute approximate surface area is 136 Å². The van der Waals surface area contributed by atoms with Crippen LogP contribution in [-0.2, 0) is 16.0 Å². The molecular formula is C16H24N3O4+. The van der Waals surface area contributed by atoms with Gasteiger partial charge in [0, 0.05) is 5.56 Å². The van der Waals surface area contributed by atoms with Gasteiger partial charge in [-0.15, -0.1) is 0 Å². The van der Waals surface area contributed by atoms with E-state index in [0.29, 0.717) is 6.61 Å². The number of ether oxygens (including phenoxy) is 3. The van der Waals surface area contributed by atoms with E-state index >= 15 is 0 Å². The lowest BCUT2D eigenvalue weighted by atomic mass is 10.1. The monoisotopic (exact) mass is 322 g/mol. The molecule has 1 aliphatic rings. The summed E-state index contributed by atoms with van der Waals surface area (Å²) in [6, 6.07) is 5.84. The lowest BCUT2D eigenvalue weighted by Gasteiger charge is -2.24. The van der Waals surface area contributed by atoms with Crippen LogP contribution in [-0.4, -0.2) is 52.3 Å². The van der Waals surface area contributed by atoms with Gasteiger partial charge < -0.3 is 19.1 Å². The van der Waals surface area contributed by atoms with E-state index in [9.17, 15) is 4.79 Å². The quantitative estimate of drug-likeness (QED) is 0.579.